The van der Waals surface area contributed by atoms with Gasteiger partial charge in [0.1, 0.15) is 5.75 Å². The zero-order chi connectivity index (χ0) is 16.7. The molecule has 0 fully saturated rings. The second kappa shape index (κ2) is 8.14. The average molecular weight is 330 g/mol. The van der Waals surface area contributed by atoms with E-state index < -0.39 is 5.97 Å². The molecule has 0 aliphatic carbocycles. The van der Waals surface area contributed by atoms with E-state index in [1.165, 1.54) is 0 Å². The zero-order valence-corrected chi connectivity index (χ0v) is 13.8. The van der Waals surface area contributed by atoms with E-state index in [9.17, 15) is 4.79 Å². The summed E-state index contributed by atoms with van der Waals surface area (Å²) in [5.74, 6) is 0.283. The third kappa shape index (κ3) is 4.43. The highest BCUT2D eigenvalue weighted by Crippen LogP contribution is 2.23. The molecule has 2 aromatic carbocycles. The molecule has 0 atom stereocenters. The molecular weight excluding hydrogens is 312 g/mol. The normalized spacial score (nSPS) is 9.83. The highest BCUT2D eigenvalue weighted by atomic mass is 32.1. The molecule has 23 heavy (non-hydrogen) atoms. The Labute approximate surface area is 140 Å². The SMILES string of the molecule is CCOC(=O)c1ccccc1NC(=S)Nc1ccccc1OC. The molecule has 120 valence electrons. The molecule has 2 rings (SSSR count). The fourth-order valence-corrected chi connectivity index (χ4v) is 2.22. The molecule has 0 aliphatic heterocycles. The van der Waals surface area contributed by atoms with E-state index in [0.717, 1.165) is 5.69 Å². The van der Waals surface area contributed by atoms with Crippen LogP contribution < -0.4 is 15.4 Å². The Bertz CT molecular complexity index is 704. The van der Waals surface area contributed by atoms with Gasteiger partial charge in [0.05, 0.1) is 30.7 Å². The van der Waals surface area contributed by atoms with Crippen molar-refractivity contribution in [3.8, 4) is 5.75 Å². The predicted molar refractivity (Wildman–Crippen MR) is 95.2 cm³/mol. The van der Waals surface area contributed by atoms with Crippen molar-refractivity contribution in [1.29, 1.82) is 0 Å². The first kappa shape index (κ1) is 16.8. The molecule has 0 saturated carbocycles. The number of esters is 1. The summed E-state index contributed by atoms with van der Waals surface area (Å²) in [6.45, 7) is 2.08. The summed E-state index contributed by atoms with van der Waals surface area (Å²) < 4.78 is 10.3. The quantitative estimate of drug-likeness (QED) is 0.644. The number of anilines is 2. The van der Waals surface area contributed by atoms with Crippen molar-refractivity contribution in [3.05, 3.63) is 54.1 Å². The molecule has 0 bridgehead atoms. The third-order valence-corrected chi connectivity index (χ3v) is 3.23. The summed E-state index contributed by atoms with van der Waals surface area (Å²) in [5.41, 5.74) is 1.75. The van der Waals surface area contributed by atoms with Crippen LogP contribution in [0.4, 0.5) is 11.4 Å². The van der Waals surface area contributed by atoms with E-state index in [-0.39, 0.29) is 0 Å². The Hall–Kier alpha value is -2.60. The molecule has 0 heterocycles. The molecule has 0 amide bonds. The van der Waals surface area contributed by atoms with Crippen LogP contribution in [0, 0.1) is 0 Å². The molecule has 5 nitrogen and oxygen atoms in total. The van der Waals surface area contributed by atoms with Gasteiger partial charge in [0.25, 0.3) is 0 Å². The van der Waals surface area contributed by atoms with E-state index in [1.807, 2.05) is 30.3 Å². The van der Waals surface area contributed by atoms with Crippen LogP contribution in [0.25, 0.3) is 0 Å². The fraction of sp³-hybridized carbons (Fsp3) is 0.176. The van der Waals surface area contributed by atoms with Gasteiger partial charge in [-0.2, -0.15) is 0 Å². The highest BCUT2D eigenvalue weighted by molar-refractivity contribution is 7.80. The van der Waals surface area contributed by atoms with E-state index >= 15 is 0 Å². The Morgan fingerprint density at radius 3 is 2.35 bits per heavy atom. The maximum atomic E-state index is 12.0. The second-order valence-corrected chi connectivity index (χ2v) is 4.95. The van der Waals surface area contributed by atoms with Gasteiger partial charge in [-0.25, -0.2) is 4.79 Å². The van der Waals surface area contributed by atoms with Gasteiger partial charge in [0.15, 0.2) is 5.11 Å². The van der Waals surface area contributed by atoms with E-state index in [2.05, 4.69) is 10.6 Å². The molecule has 0 aromatic heterocycles. The minimum atomic E-state index is -0.393. The van der Waals surface area contributed by atoms with Crippen LogP contribution in [-0.4, -0.2) is 24.8 Å². The first-order valence-electron chi connectivity index (χ1n) is 7.13. The molecule has 0 spiro atoms. The summed E-state index contributed by atoms with van der Waals surface area (Å²) in [6.07, 6.45) is 0. The van der Waals surface area contributed by atoms with Gasteiger partial charge in [-0.15, -0.1) is 0 Å². The molecular formula is C17H18N2O3S. The van der Waals surface area contributed by atoms with Gasteiger partial charge in [-0.1, -0.05) is 24.3 Å². The summed E-state index contributed by atoms with van der Waals surface area (Å²) in [7, 11) is 1.59. The largest absolute Gasteiger partial charge is 0.495 e. The number of thiocarbonyl (C=S) groups is 1. The summed E-state index contributed by atoms with van der Waals surface area (Å²) in [5, 5.41) is 6.42. The first-order valence-corrected chi connectivity index (χ1v) is 7.53. The van der Waals surface area contributed by atoms with Crippen LogP contribution in [0.3, 0.4) is 0 Å². The van der Waals surface area contributed by atoms with E-state index in [4.69, 9.17) is 21.7 Å². The van der Waals surface area contributed by atoms with Crippen LogP contribution in [-0.2, 0) is 4.74 Å². The number of rotatable bonds is 5. The van der Waals surface area contributed by atoms with Crippen molar-refractivity contribution in [2.75, 3.05) is 24.4 Å². The van der Waals surface area contributed by atoms with Gasteiger partial charge in [0, 0.05) is 0 Å². The maximum absolute atomic E-state index is 12.0. The average Bonchev–Trinajstić information content (AvgIpc) is 2.56. The van der Waals surface area contributed by atoms with Crippen LogP contribution in [0.1, 0.15) is 17.3 Å². The van der Waals surface area contributed by atoms with Crippen molar-refractivity contribution >= 4 is 34.7 Å². The van der Waals surface area contributed by atoms with Crippen LogP contribution in [0.2, 0.25) is 0 Å². The third-order valence-electron chi connectivity index (χ3n) is 3.03. The Morgan fingerprint density at radius 1 is 1.04 bits per heavy atom. The topological polar surface area (TPSA) is 59.6 Å². The molecule has 2 N–H and O–H groups in total. The lowest BCUT2D eigenvalue weighted by Gasteiger charge is -2.15. The number of nitrogens with one attached hydrogen (secondary N) is 2. The standard InChI is InChI=1S/C17H18N2O3S/c1-3-22-16(20)12-8-4-5-9-13(12)18-17(23)19-14-10-6-7-11-15(14)21-2/h4-11H,3H2,1-2H3,(H2,18,19,23). The Kier molecular flexibility index (Phi) is 5.94. The summed E-state index contributed by atoms with van der Waals surface area (Å²) in [6, 6.07) is 14.5. The number of benzene rings is 2. The second-order valence-electron chi connectivity index (χ2n) is 4.55. The van der Waals surface area contributed by atoms with Crippen molar-refractivity contribution in [3.63, 3.8) is 0 Å². The monoisotopic (exact) mass is 330 g/mol. The van der Waals surface area contributed by atoms with E-state index in [0.29, 0.717) is 28.7 Å². The van der Waals surface area contributed by atoms with Crippen molar-refractivity contribution in [2.45, 2.75) is 6.92 Å². The minimum absolute atomic E-state index is 0.317. The molecule has 0 aliphatic rings. The van der Waals surface area contributed by atoms with Crippen molar-refractivity contribution in [1.82, 2.24) is 0 Å². The number of ether oxygens (including phenoxy) is 2. The Morgan fingerprint density at radius 2 is 1.65 bits per heavy atom. The predicted octanol–water partition coefficient (Wildman–Crippen LogP) is 3.68. The number of hydrogen-bond donors (Lipinski definition) is 2. The van der Waals surface area contributed by atoms with E-state index in [1.54, 1.807) is 32.2 Å². The van der Waals surface area contributed by atoms with Gasteiger partial charge >= 0.3 is 5.97 Å². The van der Waals surface area contributed by atoms with Gasteiger partial charge < -0.3 is 20.1 Å². The van der Waals surface area contributed by atoms with Crippen molar-refractivity contribution < 1.29 is 14.3 Å². The van der Waals surface area contributed by atoms with Gasteiger partial charge in [-0.3, -0.25) is 0 Å². The lowest BCUT2D eigenvalue weighted by molar-refractivity contribution is 0.0527. The van der Waals surface area contributed by atoms with Crippen molar-refractivity contribution in [2.24, 2.45) is 0 Å². The number of methoxy groups -OCH3 is 1. The van der Waals surface area contributed by atoms with Crippen LogP contribution in [0.5, 0.6) is 5.75 Å². The first-order chi connectivity index (χ1) is 11.2. The lowest BCUT2D eigenvalue weighted by atomic mass is 10.2. The molecule has 0 saturated heterocycles. The summed E-state index contributed by atoms with van der Waals surface area (Å²) >= 11 is 5.31. The van der Waals surface area contributed by atoms with Crippen LogP contribution >= 0.6 is 12.2 Å². The Balaban J connectivity index is 2.13. The molecule has 2 aromatic rings. The lowest BCUT2D eigenvalue weighted by Crippen LogP contribution is -2.21. The molecule has 6 heteroatoms. The number of para-hydroxylation sites is 3. The smallest absolute Gasteiger partial charge is 0.340 e. The number of hydrogen-bond acceptors (Lipinski definition) is 4. The van der Waals surface area contributed by atoms with Gasteiger partial charge in [0.2, 0.25) is 0 Å². The number of carbonyl (C=O) groups is 1. The summed E-state index contributed by atoms with van der Waals surface area (Å²) in [4.78, 5) is 12.0. The number of carbonyl (C=O) groups excluding carboxylic acids is 1. The maximum Gasteiger partial charge on any atom is 0.340 e. The molecule has 0 unspecified atom stereocenters. The minimum Gasteiger partial charge on any atom is -0.495 e. The fourth-order valence-electron chi connectivity index (χ4n) is 2.00. The zero-order valence-electron chi connectivity index (χ0n) is 13.0. The highest BCUT2D eigenvalue weighted by Gasteiger charge is 2.13. The molecule has 0 radical (unpaired) electrons. The van der Waals surface area contributed by atoms with Crippen LogP contribution in [0.15, 0.2) is 48.5 Å². The van der Waals surface area contributed by atoms with Gasteiger partial charge in [-0.05, 0) is 43.4 Å².